The van der Waals surface area contributed by atoms with Gasteiger partial charge >= 0.3 is 0 Å². The maximum atomic E-state index is 11.5. The van der Waals surface area contributed by atoms with E-state index in [0.717, 1.165) is 48.9 Å². The number of rotatable bonds is 6. The molecule has 1 aliphatic rings. The molecular formula is C28H25N7O2. The predicted molar refractivity (Wildman–Crippen MR) is 143 cm³/mol. The molecule has 1 fully saturated rings. The summed E-state index contributed by atoms with van der Waals surface area (Å²) in [4.78, 5) is 28.2. The average molecular weight is 492 g/mol. The molecule has 0 unspecified atom stereocenters. The zero-order chi connectivity index (χ0) is 25.2. The summed E-state index contributed by atoms with van der Waals surface area (Å²) in [6, 6.07) is 25.1. The summed E-state index contributed by atoms with van der Waals surface area (Å²) < 4.78 is 7.40. The first-order valence-electron chi connectivity index (χ1n) is 12.1. The van der Waals surface area contributed by atoms with Gasteiger partial charge in [-0.3, -0.25) is 9.36 Å². The number of morpholine rings is 1. The minimum atomic E-state index is -0.479. The van der Waals surface area contributed by atoms with Gasteiger partial charge in [-0.15, -0.1) is 0 Å². The summed E-state index contributed by atoms with van der Waals surface area (Å²) in [5.74, 6) is 0.620. The molecule has 0 spiro atoms. The van der Waals surface area contributed by atoms with Gasteiger partial charge in [0.15, 0.2) is 22.8 Å². The van der Waals surface area contributed by atoms with Gasteiger partial charge in [0, 0.05) is 41.3 Å². The Labute approximate surface area is 213 Å². The SMILES string of the molecule is NC(=O)c1ccc(-c2nc(Nc3ccc(N4CCOCC4)cc3)c3ncn(-c4ccccc4)c3n2)cc1. The van der Waals surface area contributed by atoms with Gasteiger partial charge in [0.2, 0.25) is 5.91 Å². The van der Waals surface area contributed by atoms with Crippen LogP contribution in [0.5, 0.6) is 0 Å². The highest BCUT2D eigenvalue weighted by molar-refractivity contribution is 5.93. The fraction of sp³-hybridized carbons (Fsp3) is 0.143. The maximum Gasteiger partial charge on any atom is 0.248 e. The molecule has 3 N–H and O–H groups in total. The molecule has 6 rings (SSSR count). The summed E-state index contributed by atoms with van der Waals surface area (Å²) in [5, 5.41) is 3.44. The van der Waals surface area contributed by atoms with Crippen molar-refractivity contribution in [2.24, 2.45) is 5.73 Å². The highest BCUT2D eigenvalue weighted by atomic mass is 16.5. The average Bonchev–Trinajstić information content (AvgIpc) is 3.39. The lowest BCUT2D eigenvalue weighted by atomic mass is 10.1. The van der Waals surface area contributed by atoms with Crippen molar-refractivity contribution in [1.82, 2.24) is 19.5 Å². The molecule has 0 atom stereocenters. The van der Waals surface area contributed by atoms with Gasteiger partial charge in [0.05, 0.1) is 13.2 Å². The summed E-state index contributed by atoms with van der Waals surface area (Å²) in [6.45, 7) is 3.25. The number of carbonyl (C=O) groups excluding carboxylic acids is 1. The number of benzene rings is 3. The molecular weight excluding hydrogens is 466 g/mol. The van der Waals surface area contributed by atoms with Gasteiger partial charge in [-0.2, -0.15) is 0 Å². The summed E-state index contributed by atoms with van der Waals surface area (Å²) in [7, 11) is 0. The number of imidazole rings is 1. The van der Waals surface area contributed by atoms with E-state index in [2.05, 4.69) is 27.3 Å². The first-order valence-corrected chi connectivity index (χ1v) is 12.1. The van der Waals surface area contributed by atoms with E-state index < -0.39 is 5.91 Å². The number of nitrogens with two attached hydrogens (primary N) is 1. The third-order valence-corrected chi connectivity index (χ3v) is 6.36. The number of fused-ring (bicyclic) bond motifs is 1. The summed E-state index contributed by atoms with van der Waals surface area (Å²) >= 11 is 0. The van der Waals surface area contributed by atoms with Crippen LogP contribution >= 0.6 is 0 Å². The van der Waals surface area contributed by atoms with Gasteiger partial charge in [-0.25, -0.2) is 15.0 Å². The number of nitrogens with zero attached hydrogens (tertiary/aromatic N) is 5. The lowest BCUT2D eigenvalue weighted by molar-refractivity contribution is 0.100. The molecule has 184 valence electrons. The zero-order valence-corrected chi connectivity index (χ0v) is 20.0. The second-order valence-electron chi connectivity index (χ2n) is 8.73. The first-order chi connectivity index (χ1) is 18.2. The van der Waals surface area contributed by atoms with E-state index in [-0.39, 0.29) is 0 Å². The standard InChI is InChI=1S/C28H25N7O2/c29-25(36)19-6-8-20(9-7-19)26-32-27(24-28(33-26)35(18-30-24)23-4-2-1-3-5-23)31-21-10-12-22(13-11-21)34-14-16-37-17-15-34/h1-13,18H,14-17H2,(H2,29,36)(H,31,32,33). The molecule has 3 aromatic carbocycles. The molecule has 1 aliphatic heterocycles. The van der Waals surface area contributed by atoms with Gasteiger partial charge in [0.1, 0.15) is 6.33 Å². The van der Waals surface area contributed by atoms with E-state index in [1.54, 1.807) is 30.6 Å². The fourth-order valence-electron chi connectivity index (χ4n) is 4.39. The van der Waals surface area contributed by atoms with E-state index in [4.69, 9.17) is 20.4 Å². The highest BCUT2D eigenvalue weighted by Gasteiger charge is 2.17. The fourth-order valence-corrected chi connectivity index (χ4v) is 4.39. The Morgan fingerprint density at radius 3 is 2.30 bits per heavy atom. The Kier molecular flexibility index (Phi) is 5.95. The van der Waals surface area contributed by atoms with Crippen molar-refractivity contribution in [3.63, 3.8) is 0 Å². The monoisotopic (exact) mass is 491 g/mol. The number of aromatic nitrogens is 4. The molecule has 9 heteroatoms. The van der Waals surface area contributed by atoms with Crippen LogP contribution in [-0.4, -0.2) is 51.7 Å². The van der Waals surface area contributed by atoms with Crippen molar-refractivity contribution in [3.8, 4) is 17.1 Å². The molecule has 0 bridgehead atoms. The maximum absolute atomic E-state index is 11.5. The number of amides is 1. The molecule has 9 nitrogen and oxygen atoms in total. The molecule has 37 heavy (non-hydrogen) atoms. The van der Waals surface area contributed by atoms with Crippen LogP contribution in [-0.2, 0) is 4.74 Å². The third kappa shape index (κ3) is 4.60. The molecule has 3 heterocycles. The number of nitrogens with one attached hydrogen (secondary N) is 1. The largest absolute Gasteiger partial charge is 0.378 e. The van der Waals surface area contributed by atoms with Crippen LogP contribution < -0.4 is 16.0 Å². The number of carbonyl (C=O) groups is 1. The smallest absolute Gasteiger partial charge is 0.248 e. The second kappa shape index (κ2) is 9.71. The van der Waals surface area contributed by atoms with E-state index in [1.165, 1.54) is 0 Å². The minimum Gasteiger partial charge on any atom is -0.378 e. The number of primary amides is 1. The van der Waals surface area contributed by atoms with Crippen molar-refractivity contribution < 1.29 is 9.53 Å². The Hall–Kier alpha value is -4.76. The molecule has 1 saturated heterocycles. The van der Waals surface area contributed by atoms with E-state index >= 15 is 0 Å². The van der Waals surface area contributed by atoms with Crippen LogP contribution in [0.3, 0.4) is 0 Å². The second-order valence-corrected chi connectivity index (χ2v) is 8.73. The summed E-state index contributed by atoms with van der Waals surface area (Å²) in [6.07, 6.45) is 1.75. The normalized spacial score (nSPS) is 13.6. The van der Waals surface area contributed by atoms with Crippen LogP contribution in [0.15, 0.2) is 85.2 Å². The van der Waals surface area contributed by atoms with Gasteiger partial charge in [-0.05, 0) is 48.5 Å². The number of anilines is 3. The van der Waals surface area contributed by atoms with Gasteiger partial charge in [0.25, 0.3) is 0 Å². The van der Waals surface area contributed by atoms with E-state index in [9.17, 15) is 4.79 Å². The van der Waals surface area contributed by atoms with Crippen molar-refractivity contribution in [3.05, 3.63) is 90.8 Å². The lowest BCUT2D eigenvalue weighted by Gasteiger charge is -2.28. The molecule has 0 aliphatic carbocycles. The number of hydrogen-bond acceptors (Lipinski definition) is 7. The molecule has 0 saturated carbocycles. The minimum absolute atomic E-state index is 0.429. The van der Waals surface area contributed by atoms with Crippen LogP contribution in [0.4, 0.5) is 17.2 Å². The Balaban J connectivity index is 1.40. The number of hydrogen-bond donors (Lipinski definition) is 2. The van der Waals surface area contributed by atoms with Crippen molar-refractivity contribution >= 4 is 34.3 Å². The van der Waals surface area contributed by atoms with Crippen molar-refractivity contribution in [2.45, 2.75) is 0 Å². The molecule has 0 radical (unpaired) electrons. The van der Waals surface area contributed by atoms with E-state index in [0.29, 0.717) is 28.4 Å². The van der Waals surface area contributed by atoms with Gasteiger partial charge < -0.3 is 20.7 Å². The highest BCUT2D eigenvalue weighted by Crippen LogP contribution is 2.29. The van der Waals surface area contributed by atoms with Crippen LogP contribution in [0.2, 0.25) is 0 Å². The van der Waals surface area contributed by atoms with Crippen molar-refractivity contribution in [1.29, 1.82) is 0 Å². The van der Waals surface area contributed by atoms with Crippen LogP contribution in [0.25, 0.3) is 28.2 Å². The Morgan fingerprint density at radius 2 is 1.59 bits per heavy atom. The first kappa shape index (κ1) is 22.7. The third-order valence-electron chi connectivity index (χ3n) is 6.36. The van der Waals surface area contributed by atoms with Crippen molar-refractivity contribution in [2.75, 3.05) is 36.5 Å². The molecule has 2 aromatic heterocycles. The number of ether oxygens (including phenoxy) is 1. The predicted octanol–water partition coefficient (Wildman–Crippen LogP) is 4.16. The topological polar surface area (TPSA) is 111 Å². The van der Waals surface area contributed by atoms with Gasteiger partial charge in [-0.1, -0.05) is 30.3 Å². The number of para-hydroxylation sites is 1. The Bertz CT molecular complexity index is 1540. The van der Waals surface area contributed by atoms with Crippen LogP contribution in [0, 0.1) is 0 Å². The van der Waals surface area contributed by atoms with E-state index in [1.807, 2.05) is 47.0 Å². The Morgan fingerprint density at radius 1 is 0.865 bits per heavy atom. The lowest BCUT2D eigenvalue weighted by Crippen LogP contribution is -2.36. The zero-order valence-electron chi connectivity index (χ0n) is 20.0. The molecule has 5 aromatic rings. The summed E-state index contributed by atoms with van der Waals surface area (Å²) in [5.41, 5.74) is 10.9. The quantitative estimate of drug-likeness (QED) is 0.367. The molecule has 1 amide bonds. The van der Waals surface area contributed by atoms with Crippen LogP contribution in [0.1, 0.15) is 10.4 Å².